The SMILES string of the molecule is O=C(c1ccc(I)cc1)N1CCC2CNCC2C1. The van der Waals surface area contributed by atoms with Gasteiger partial charge in [-0.2, -0.15) is 0 Å². The van der Waals surface area contributed by atoms with Crippen LogP contribution in [0.2, 0.25) is 0 Å². The molecule has 0 aliphatic carbocycles. The van der Waals surface area contributed by atoms with Crippen LogP contribution in [0, 0.1) is 15.4 Å². The van der Waals surface area contributed by atoms with Crippen LogP contribution in [0.3, 0.4) is 0 Å². The zero-order chi connectivity index (χ0) is 12.5. The monoisotopic (exact) mass is 356 g/mol. The standard InChI is InChI=1S/C14H17IN2O/c15-13-3-1-10(2-4-13)14(18)17-6-5-11-7-16-8-12(11)9-17/h1-4,11-12,16H,5-9H2. The molecule has 2 atom stereocenters. The summed E-state index contributed by atoms with van der Waals surface area (Å²) in [6.07, 6.45) is 1.15. The summed E-state index contributed by atoms with van der Waals surface area (Å²) in [6.45, 7) is 4.04. The lowest BCUT2D eigenvalue weighted by molar-refractivity contribution is 0.0642. The van der Waals surface area contributed by atoms with E-state index in [2.05, 4.69) is 27.9 Å². The van der Waals surface area contributed by atoms with Crippen molar-refractivity contribution >= 4 is 28.5 Å². The van der Waals surface area contributed by atoms with Crippen molar-refractivity contribution < 1.29 is 4.79 Å². The first-order valence-corrected chi connectivity index (χ1v) is 7.57. The maximum Gasteiger partial charge on any atom is 0.253 e. The van der Waals surface area contributed by atoms with Crippen molar-refractivity contribution in [3.05, 3.63) is 33.4 Å². The molecule has 18 heavy (non-hydrogen) atoms. The number of likely N-dealkylation sites (tertiary alicyclic amines) is 1. The van der Waals surface area contributed by atoms with Crippen LogP contribution >= 0.6 is 22.6 Å². The molecule has 1 N–H and O–H groups in total. The average Bonchev–Trinajstić information content (AvgIpc) is 2.86. The van der Waals surface area contributed by atoms with Crippen LogP contribution in [0.5, 0.6) is 0 Å². The van der Waals surface area contributed by atoms with E-state index in [-0.39, 0.29) is 5.91 Å². The van der Waals surface area contributed by atoms with E-state index in [9.17, 15) is 4.79 Å². The topological polar surface area (TPSA) is 32.3 Å². The molecule has 96 valence electrons. The zero-order valence-corrected chi connectivity index (χ0v) is 12.4. The molecule has 0 radical (unpaired) electrons. The molecule has 2 aliphatic heterocycles. The molecule has 0 bridgehead atoms. The van der Waals surface area contributed by atoms with E-state index in [0.29, 0.717) is 5.92 Å². The number of piperidine rings is 1. The van der Waals surface area contributed by atoms with Gasteiger partial charge in [0.2, 0.25) is 0 Å². The molecule has 2 aliphatic rings. The predicted molar refractivity (Wildman–Crippen MR) is 79.5 cm³/mol. The van der Waals surface area contributed by atoms with Crippen molar-refractivity contribution in [1.29, 1.82) is 0 Å². The van der Waals surface area contributed by atoms with E-state index in [4.69, 9.17) is 0 Å². The second-order valence-electron chi connectivity index (χ2n) is 5.23. The Morgan fingerprint density at radius 2 is 1.94 bits per heavy atom. The molecule has 1 aromatic carbocycles. The second-order valence-corrected chi connectivity index (χ2v) is 6.47. The van der Waals surface area contributed by atoms with E-state index in [0.717, 1.165) is 44.1 Å². The lowest BCUT2D eigenvalue weighted by Crippen LogP contribution is -2.43. The predicted octanol–water partition coefficient (Wildman–Crippen LogP) is 1.97. The molecule has 2 unspecified atom stereocenters. The Labute approximate surface area is 121 Å². The number of fused-ring (bicyclic) bond motifs is 1. The molecular weight excluding hydrogens is 339 g/mol. The van der Waals surface area contributed by atoms with Gasteiger partial charge in [0, 0.05) is 22.2 Å². The Balaban J connectivity index is 1.71. The highest BCUT2D eigenvalue weighted by molar-refractivity contribution is 14.1. The lowest BCUT2D eigenvalue weighted by Gasteiger charge is -2.34. The number of halogens is 1. The summed E-state index contributed by atoms with van der Waals surface area (Å²) < 4.78 is 1.17. The third kappa shape index (κ3) is 2.40. The van der Waals surface area contributed by atoms with Crippen LogP contribution in [0.25, 0.3) is 0 Å². The van der Waals surface area contributed by atoms with Crippen LogP contribution in [-0.2, 0) is 0 Å². The van der Waals surface area contributed by atoms with Gasteiger partial charge < -0.3 is 10.2 Å². The van der Waals surface area contributed by atoms with Crippen LogP contribution in [-0.4, -0.2) is 37.0 Å². The number of hydrogen-bond donors (Lipinski definition) is 1. The number of nitrogens with zero attached hydrogens (tertiary/aromatic N) is 1. The van der Waals surface area contributed by atoms with Crippen molar-refractivity contribution in [3.8, 4) is 0 Å². The molecule has 2 saturated heterocycles. The quantitative estimate of drug-likeness (QED) is 0.781. The van der Waals surface area contributed by atoms with Crippen molar-refractivity contribution in [2.45, 2.75) is 6.42 Å². The third-order valence-electron chi connectivity index (χ3n) is 4.08. The summed E-state index contributed by atoms with van der Waals surface area (Å²) >= 11 is 2.26. The fraction of sp³-hybridized carbons (Fsp3) is 0.500. The normalized spacial score (nSPS) is 27.1. The average molecular weight is 356 g/mol. The number of nitrogens with one attached hydrogen (secondary N) is 1. The molecule has 0 saturated carbocycles. The van der Waals surface area contributed by atoms with Crippen LogP contribution < -0.4 is 5.32 Å². The lowest BCUT2D eigenvalue weighted by atomic mass is 9.88. The highest BCUT2D eigenvalue weighted by atomic mass is 127. The summed E-state index contributed by atoms with van der Waals surface area (Å²) in [5, 5.41) is 3.43. The van der Waals surface area contributed by atoms with Crippen molar-refractivity contribution in [1.82, 2.24) is 10.2 Å². The first-order valence-electron chi connectivity index (χ1n) is 6.49. The second kappa shape index (κ2) is 5.17. The maximum atomic E-state index is 12.4. The Morgan fingerprint density at radius 3 is 2.72 bits per heavy atom. The van der Waals surface area contributed by atoms with E-state index < -0.39 is 0 Å². The van der Waals surface area contributed by atoms with Gasteiger partial charge in [-0.25, -0.2) is 0 Å². The minimum absolute atomic E-state index is 0.191. The Morgan fingerprint density at radius 1 is 1.22 bits per heavy atom. The molecule has 0 aromatic heterocycles. The molecule has 2 fully saturated rings. The minimum Gasteiger partial charge on any atom is -0.338 e. The van der Waals surface area contributed by atoms with E-state index >= 15 is 0 Å². The number of benzene rings is 1. The minimum atomic E-state index is 0.191. The number of rotatable bonds is 1. The fourth-order valence-electron chi connectivity index (χ4n) is 2.99. The van der Waals surface area contributed by atoms with E-state index in [1.165, 1.54) is 3.57 Å². The Hall–Kier alpha value is -0.620. The van der Waals surface area contributed by atoms with Gasteiger partial charge in [0.15, 0.2) is 0 Å². The largest absolute Gasteiger partial charge is 0.338 e. The molecule has 1 amide bonds. The van der Waals surface area contributed by atoms with Gasteiger partial charge in [-0.05, 0) is 78.2 Å². The number of carbonyl (C=O) groups is 1. The van der Waals surface area contributed by atoms with Gasteiger partial charge in [0.05, 0.1) is 0 Å². The summed E-state index contributed by atoms with van der Waals surface area (Å²) in [4.78, 5) is 14.4. The third-order valence-corrected chi connectivity index (χ3v) is 4.80. The first-order chi connectivity index (χ1) is 8.74. The summed E-state index contributed by atoms with van der Waals surface area (Å²) in [6, 6.07) is 7.86. The van der Waals surface area contributed by atoms with Crippen LogP contribution in [0.15, 0.2) is 24.3 Å². The van der Waals surface area contributed by atoms with Crippen molar-refractivity contribution in [2.75, 3.05) is 26.2 Å². The van der Waals surface area contributed by atoms with Gasteiger partial charge in [0.25, 0.3) is 5.91 Å². The molecule has 1 aromatic rings. The Bertz CT molecular complexity index is 446. The smallest absolute Gasteiger partial charge is 0.253 e. The molecule has 0 spiro atoms. The highest BCUT2D eigenvalue weighted by Gasteiger charge is 2.34. The van der Waals surface area contributed by atoms with Crippen LogP contribution in [0.4, 0.5) is 0 Å². The van der Waals surface area contributed by atoms with Crippen molar-refractivity contribution in [3.63, 3.8) is 0 Å². The van der Waals surface area contributed by atoms with Gasteiger partial charge >= 0.3 is 0 Å². The summed E-state index contributed by atoms with van der Waals surface area (Å²) in [7, 11) is 0. The molecule has 4 heteroatoms. The zero-order valence-electron chi connectivity index (χ0n) is 10.2. The summed E-state index contributed by atoms with van der Waals surface area (Å²) in [5.41, 5.74) is 0.819. The highest BCUT2D eigenvalue weighted by Crippen LogP contribution is 2.27. The van der Waals surface area contributed by atoms with Crippen LogP contribution in [0.1, 0.15) is 16.8 Å². The van der Waals surface area contributed by atoms with Crippen molar-refractivity contribution in [2.24, 2.45) is 11.8 Å². The van der Waals surface area contributed by atoms with E-state index in [1.54, 1.807) is 0 Å². The maximum absolute atomic E-state index is 12.4. The summed E-state index contributed by atoms with van der Waals surface area (Å²) in [5.74, 6) is 1.63. The Kier molecular flexibility index (Phi) is 3.56. The van der Waals surface area contributed by atoms with E-state index in [1.807, 2.05) is 29.2 Å². The molecule has 3 rings (SSSR count). The molecule has 3 nitrogen and oxygen atoms in total. The van der Waals surface area contributed by atoms with Gasteiger partial charge in [-0.1, -0.05) is 0 Å². The first kappa shape index (κ1) is 12.4. The number of hydrogen-bond acceptors (Lipinski definition) is 2. The fourth-order valence-corrected chi connectivity index (χ4v) is 3.35. The molecular formula is C14H17IN2O. The number of amides is 1. The molecule has 2 heterocycles. The number of carbonyl (C=O) groups excluding carboxylic acids is 1. The van der Waals surface area contributed by atoms with Gasteiger partial charge in [-0.15, -0.1) is 0 Å². The van der Waals surface area contributed by atoms with Gasteiger partial charge in [0.1, 0.15) is 0 Å². The van der Waals surface area contributed by atoms with Gasteiger partial charge in [-0.3, -0.25) is 4.79 Å².